The lowest BCUT2D eigenvalue weighted by Crippen LogP contribution is -2.30. The van der Waals surface area contributed by atoms with Crippen LogP contribution in [-0.2, 0) is 10.0 Å². The van der Waals surface area contributed by atoms with Gasteiger partial charge >= 0.3 is 0 Å². The number of sulfonamides is 1. The van der Waals surface area contributed by atoms with Crippen LogP contribution in [0.15, 0.2) is 59.5 Å². The molecule has 0 radical (unpaired) electrons. The highest BCUT2D eigenvalue weighted by Gasteiger charge is 2.18. The van der Waals surface area contributed by atoms with Crippen LogP contribution in [0, 0.1) is 3.57 Å². The predicted octanol–water partition coefficient (Wildman–Crippen LogP) is 2.41. The molecule has 98 valence electrons. The Labute approximate surface area is 125 Å². The van der Waals surface area contributed by atoms with Crippen molar-refractivity contribution in [2.24, 2.45) is 0 Å². The first-order chi connectivity index (χ1) is 8.99. The van der Waals surface area contributed by atoms with Gasteiger partial charge in [-0.1, -0.05) is 24.3 Å². The maximum Gasteiger partial charge on any atom is 0.265 e. The van der Waals surface area contributed by atoms with Crippen molar-refractivity contribution in [3.05, 3.63) is 63.7 Å². The monoisotopic (exact) mass is 387 g/mol. The Morgan fingerprint density at radius 1 is 1.00 bits per heavy atom. The molecule has 0 spiro atoms. The highest BCUT2D eigenvalue weighted by atomic mass is 127. The Hall–Kier alpha value is -1.41. The first-order valence-electron chi connectivity index (χ1n) is 5.37. The van der Waals surface area contributed by atoms with Crippen LogP contribution in [0.25, 0.3) is 0 Å². The van der Waals surface area contributed by atoms with E-state index in [-0.39, 0.29) is 4.90 Å². The van der Waals surface area contributed by atoms with Crippen LogP contribution >= 0.6 is 22.6 Å². The van der Waals surface area contributed by atoms with Gasteiger partial charge in [-0.3, -0.25) is 4.79 Å². The lowest BCUT2D eigenvalue weighted by molar-refractivity contribution is 0.0981. The van der Waals surface area contributed by atoms with Crippen LogP contribution in [0.4, 0.5) is 0 Å². The maximum atomic E-state index is 12.0. The van der Waals surface area contributed by atoms with E-state index in [4.69, 9.17) is 0 Å². The zero-order valence-electron chi connectivity index (χ0n) is 9.71. The van der Waals surface area contributed by atoms with E-state index in [9.17, 15) is 13.2 Å². The van der Waals surface area contributed by atoms with E-state index in [1.165, 1.54) is 12.1 Å². The largest absolute Gasteiger partial charge is 0.268 e. The van der Waals surface area contributed by atoms with Gasteiger partial charge in [0, 0.05) is 9.13 Å². The molecule has 2 rings (SSSR count). The van der Waals surface area contributed by atoms with Crippen LogP contribution in [0.5, 0.6) is 0 Å². The Bertz CT molecular complexity index is 699. The fraction of sp³-hybridized carbons (Fsp3) is 0. The van der Waals surface area contributed by atoms with Gasteiger partial charge in [-0.2, -0.15) is 0 Å². The Morgan fingerprint density at radius 2 is 1.68 bits per heavy atom. The fourth-order valence-corrected chi connectivity index (χ4v) is 3.01. The van der Waals surface area contributed by atoms with Gasteiger partial charge in [-0.25, -0.2) is 13.1 Å². The van der Waals surface area contributed by atoms with Crippen LogP contribution in [0.1, 0.15) is 10.4 Å². The SMILES string of the molecule is O=C(NS(=O)(=O)c1ccccc1)c1cccc(I)c1. The van der Waals surface area contributed by atoms with Gasteiger partial charge in [0.25, 0.3) is 15.9 Å². The molecule has 0 saturated carbocycles. The van der Waals surface area contributed by atoms with Crippen molar-refractivity contribution in [2.45, 2.75) is 4.90 Å². The van der Waals surface area contributed by atoms with Gasteiger partial charge < -0.3 is 0 Å². The minimum atomic E-state index is -3.82. The topological polar surface area (TPSA) is 63.2 Å². The average molecular weight is 387 g/mol. The van der Waals surface area contributed by atoms with E-state index in [0.29, 0.717) is 5.56 Å². The lowest BCUT2D eigenvalue weighted by Gasteiger charge is -2.07. The van der Waals surface area contributed by atoms with Gasteiger partial charge in [0.15, 0.2) is 0 Å². The molecule has 0 aromatic heterocycles. The van der Waals surface area contributed by atoms with E-state index in [1.807, 2.05) is 10.8 Å². The molecule has 0 aliphatic carbocycles. The third kappa shape index (κ3) is 3.54. The van der Waals surface area contributed by atoms with E-state index in [2.05, 4.69) is 22.6 Å². The van der Waals surface area contributed by atoms with Crippen molar-refractivity contribution < 1.29 is 13.2 Å². The molecule has 0 aliphatic rings. The highest BCUT2D eigenvalue weighted by molar-refractivity contribution is 14.1. The summed E-state index contributed by atoms with van der Waals surface area (Å²) in [6.07, 6.45) is 0. The summed E-state index contributed by atoms with van der Waals surface area (Å²) in [7, 11) is -3.82. The van der Waals surface area contributed by atoms with E-state index < -0.39 is 15.9 Å². The Balaban J connectivity index is 2.24. The summed E-state index contributed by atoms with van der Waals surface area (Å²) in [6, 6.07) is 14.5. The maximum absolute atomic E-state index is 12.0. The van der Waals surface area contributed by atoms with Crippen molar-refractivity contribution in [3.8, 4) is 0 Å². The molecule has 19 heavy (non-hydrogen) atoms. The summed E-state index contributed by atoms with van der Waals surface area (Å²) < 4.78 is 26.8. The number of nitrogens with one attached hydrogen (secondary N) is 1. The van der Waals surface area contributed by atoms with Crippen molar-refractivity contribution in [3.63, 3.8) is 0 Å². The Morgan fingerprint density at radius 3 is 2.32 bits per heavy atom. The number of rotatable bonds is 3. The van der Waals surface area contributed by atoms with Crippen LogP contribution in [0.2, 0.25) is 0 Å². The smallest absolute Gasteiger partial charge is 0.265 e. The second kappa shape index (κ2) is 5.70. The highest BCUT2D eigenvalue weighted by Crippen LogP contribution is 2.11. The van der Waals surface area contributed by atoms with Gasteiger partial charge in [0.05, 0.1) is 4.90 Å². The number of carbonyl (C=O) groups excluding carboxylic acids is 1. The predicted molar refractivity (Wildman–Crippen MR) is 80.3 cm³/mol. The summed E-state index contributed by atoms with van der Waals surface area (Å²) >= 11 is 2.06. The molecule has 1 amide bonds. The third-order valence-corrected chi connectivity index (χ3v) is 4.39. The summed E-state index contributed by atoms with van der Waals surface area (Å²) in [5.74, 6) is -0.637. The fourth-order valence-electron chi connectivity index (χ4n) is 1.47. The molecule has 6 heteroatoms. The molecule has 2 aromatic rings. The number of hydrogen-bond donors (Lipinski definition) is 1. The van der Waals surface area contributed by atoms with E-state index >= 15 is 0 Å². The molecular weight excluding hydrogens is 377 g/mol. The summed E-state index contributed by atoms with van der Waals surface area (Å²) in [4.78, 5) is 12.0. The standard InChI is InChI=1S/C13H10INO3S/c14-11-6-4-5-10(9-11)13(16)15-19(17,18)12-7-2-1-3-8-12/h1-9H,(H,15,16). The number of hydrogen-bond acceptors (Lipinski definition) is 3. The van der Waals surface area contributed by atoms with Crippen LogP contribution < -0.4 is 4.72 Å². The van der Waals surface area contributed by atoms with Crippen molar-refractivity contribution >= 4 is 38.5 Å². The second-order valence-corrected chi connectivity index (χ2v) is 6.69. The molecule has 0 heterocycles. The average Bonchev–Trinajstić information content (AvgIpc) is 2.39. The van der Waals surface area contributed by atoms with Crippen molar-refractivity contribution in [1.82, 2.24) is 4.72 Å². The summed E-state index contributed by atoms with van der Waals surface area (Å²) in [5.41, 5.74) is 0.311. The molecule has 0 unspecified atom stereocenters. The molecule has 1 N–H and O–H groups in total. The van der Waals surface area contributed by atoms with Crippen molar-refractivity contribution in [1.29, 1.82) is 0 Å². The normalized spacial score (nSPS) is 11.0. The lowest BCUT2D eigenvalue weighted by atomic mass is 10.2. The summed E-state index contributed by atoms with van der Waals surface area (Å²) in [5, 5.41) is 0. The van der Waals surface area contributed by atoms with Gasteiger partial charge in [0.2, 0.25) is 0 Å². The number of amides is 1. The zero-order valence-corrected chi connectivity index (χ0v) is 12.7. The minimum absolute atomic E-state index is 0.0639. The van der Waals surface area contributed by atoms with Crippen LogP contribution in [0.3, 0.4) is 0 Å². The first kappa shape index (κ1) is 14.0. The molecule has 0 saturated heterocycles. The van der Waals surface area contributed by atoms with Gasteiger partial charge in [0.1, 0.15) is 0 Å². The van der Waals surface area contributed by atoms with E-state index in [0.717, 1.165) is 3.57 Å². The molecular formula is C13H10INO3S. The van der Waals surface area contributed by atoms with Gasteiger partial charge in [-0.05, 0) is 52.9 Å². The molecule has 0 fully saturated rings. The first-order valence-corrected chi connectivity index (χ1v) is 7.93. The van der Waals surface area contributed by atoms with Crippen LogP contribution in [-0.4, -0.2) is 14.3 Å². The number of benzene rings is 2. The molecule has 0 bridgehead atoms. The van der Waals surface area contributed by atoms with Crippen molar-refractivity contribution in [2.75, 3.05) is 0 Å². The molecule has 4 nitrogen and oxygen atoms in total. The molecule has 0 atom stereocenters. The van der Waals surface area contributed by atoms with E-state index in [1.54, 1.807) is 36.4 Å². The molecule has 0 aliphatic heterocycles. The number of halogens is 1. The molecule has 2 aromatic carbocycles. The summed E-state index contributed by atoms with van der Waals surface area (Å²) in [6.45, 7) is 0. The zero-order chi connectivity index (χ0) is 13.9. The quantitative estimate of drug-likeness (QED) is 0.823. The van der Waals surface area contributed by atoms with Gasteiger partial charge in [-0.15, -0.1) is 0 Å². The second-order valence-electron chi connectivity index (χ2n) is 3.76. The number of carbonyl (C=O) groups is 1. The Kier molecular flexibility index (Phi) is 4.20. The minimum Gasteiger partial charge on any atom is -0.268 e. The third-order valence-electron chi connectivity index (χ3n) is 2.37.